The zero-order valence-corrected chi connectivity index (χ0v) is 13.8. The van der Waals surface area contributed by atoms with E-state index in [0.29, 0.717) is 11.5 Å². The third-order valence-electron chi connectivity index (χ3n) is 3.91. The summed E-state index contributed by atoms with van der Waals surface area (Å²) in [5, 5.41) is 3.80. The molecule has 112 valence electrons. The van der Waals surface area contributed by atoms with Gasteiger partial charge in [-0.1, -0.05) is 20.8 Å². The van der Waals surface area contributed by atoms with Gasteiger partial charge in [0.15, 0.2) is 0 Å². The fourth-order valence-electron chi connectivity index (χ4n) is 3.34. The van der Waals surface area contributed by atoms with E-state index in [-0.39, 0.29) is 17.5 Å². The maximum absolute atomic E-state index is 12.4. The number of esters is 1. The summed E-state index contributed by atoms with van der Waals surface area (Å²) in [6, 6.07) is 0. The molecular weight excluding hydrogens is 272 g/mol. The van der Waals surface area contributed by atoms with E-state index in [2.05, 4.69) is 30.5 Å². The first-order chi connectivity index (χ1) is 9.32. The molecule has 0 aliphatic heterocycles. The minimum absolute atomic E-state index is 0.0188. The maximum Gasteiger partial charge on any atom is 0.343 e. The van der Waals surface area contributed by atoms with E-state index in [4.69, 9.17) is 4.74 Å². The lowest BCUT2D eigenvalue weighted by atomic mass is 9.71. The van der Waals surface area contributed by atoms with Crippen molar-refractivity contribution in [1.82, 2.24) is 4.37 Å². The van der Waals surface area contributed by atoms with Crippen LogP contribution in [0.4, 0.5) is 5.00 Å². The molecule has 2 unspecified atom stereocenters. The predicted octanol–water partition coefficient (Wildman–Crippen LogP) is 3.86. The van der Waals surface area contributed by atoms with Crippen LogP contribution >= 0.6 is 11.5 Å². The van der Waals surface area contributed by atoms with E-state index < -0.39 is 0 Å². The van der Waals surface area contributed by atoms with Gasteiger partial charge in [-0.3, -0.25) is 0 Å². The first kappa shape index (κ1) is 15.3. The second-order valence-corrected chi connectivity index (χ2v) is 7.44. The van der Waals surface area contributed by atoms with Crippen LogP contribution in [0.3, 0.4) is 0 Å². The third-order valence-corrected chi connectivity index (χ3v) is 4.87. The van der Waals surface area contributed by atoms with Crippen LogP contribution in [0, 0.1) is 18.3 Å². The van der Waals surface area contributed by atoms with Gasteiger partial charge in [0.05, 0.1) is 5.69 Å². The van der Waals surface area contributed by atoms with Crippen molar-refractivity contribution >= 4 is 22.5 Å². The molecule has 20 heavy (non-hydrogen) atoms. The number of aromatic nitrogens is 1. The van der Waals surface area contributed by atoms with Crippen LogP contribution in [0.5, 0.6) is 0 Å². The Labute approximate surface area is 125 Å². The van der Waals surface area contributed by atoms with E-state index in [1.807, 2.05) is 6.92 Å². The van der Waals surface area contributed by atoms with Crippen LogP contribution in [-0.4, -0.2) is 23.5 Å². The largest absolute Gasteiger partial charge is 0.459 e. The number of rotatable bonds is 3. The quantitative estimate of drug-likeness (QED) is 0.860. The fraction of sp³-hybridized carbons (Fsp3) is 0.733. The van der Waals surface area contributed by atoms with Crippen molar-refractivity contribution in [2.75, 3.05) is 12.4 Å². The minimum Gasteiger partial charge on any atom is -0.459 e. The number of carbonyl (C=O) groups excluding carboxylic acids is 1. The van der Waals surface area contributed by atoms with Crippen molar-refractivity contribution in [3.05, 3.63) is 11.3 Å². The molecule has 1 aromatic heterocycles. The molecule has 1 aromatic rings. The van der Waals surface area contributed by atoms with E-state index in [0.717, 1.165) is 23.5 Å². The van der Waals surface area contributed by atoms with Crippen molar-refractivity contribution in [3.63, 3.8) is 0 Å². The van der Waals surface area contributed by atoms with E-state index >= 15 is 0 Å². The number of hydrogen-bond donors (Lipinski definition) is 1. The highest BCUT2D eigenvalue weighted by atomic mass is 32.1. The Morgan fingerprint density at radius 2 is 2.15 bits per heavy atom. The van der Waals surface area contributed by atoms with Crippen LogP contribution in [0.1, 0.15) is 56.1 Å². The highest BCUT2D eigenvalue weighted by Gasteiger charge is 2.34. The summed E-state index contributed by atoms with van der Waals surface area (Å²) in [5.74, 6) is 0.359. The lowest BCUT2D eigenvalue weighted by molar-refractivity contribution is -0.00709. The molecule has 1 fully saturated rings. The highest BCUT2D eigenvalue weighted by Crippen LogP contribution is 2.40. The first-order valence-electron chi connectivity index (χ1n) is 7.17. The second-order valence-electron chi connectivity index (χ2n) is 6.66. The zero-order chi connectivity index (χ0) is 14.9. The average molecular weight is 296 g/mol. The molecule has 1 aliphatic carbocycles. The molecule has 1 saturated carbocycles. The number of nitrogens with one attached hydrogen (secondary N) is 1. The number of aryl methyl sites for hydroxylation is 1. The van der Waals surface area contributed by atoms with Crippen LogP contribution < -0.4 is 5.32 Å². The second kappa shape index (κ2) is 5.72. The lowest BCUT2D eigenvalue weighted by Crippen LogP contribution is -2.34. The molecule has 0 amide bonds. The molecule has 0 saturated heterocycles. The Morgan fingerprint density at radius 3 is 2.75 bits per heavy atom. The van der Waals surface area contributed by atoms with Gasteiger partial charge in [0, 0.05) is 7.05 Å². The van der Waals surface area contributed by atoms with Gasteiger partial charge in [-0.25, -0.2) is 4.79 Å². The van der Waals surface area contributed by atoms with Crippen LogP contribution in [0.25, 0.3) is 0 Å². The summed E-state index contributed by atoms with van der Waals surface area (Å²) in [7, 11) is 1.80. The average Bonchev–Trinajstić information content (AvgIpc) is 2.67. The summed E-state index contributed by atoms with van der Waals surface area (Å²) in [6.45, 7) is 8.58. The van der Waals surface area contributed by atoms with Crippen LogP contribution in [0.15, 0.2) is 0 Å². The molecular formula is C15H24N2O2S. The summed E-state index contributed by atoms with van der Waals surface area (Å²) < 4.78 is 9.98. The molecule has 1 heterocycles. The Bertz CT molecular complexity index is 496. The molecule has 2 atom stereocenters. The van der Waals surface area contributed by atoms with Crippen molar-refractivity contribution in [2.45, 2.75) is 53.1 Å². The fourth-order valence-corrected chi connectivity index (χ4v) is 4.07. The first-order valence-corrected chi connectivity index (χ1v) is 7.95. The molecule has 0 radical (unpaired) electrons. The Morgan fingerprint density at radius 1 is 1.45 bits per heavy atom. The topological polar surface area (TPSA) is 51.2 Å². The van der Waals surface area contributed by atoms with E-state index in [1.54, 1.807) is 7.05 Å². The van der Waals surface area contributed by atoms with Crippen molar-refractivity contribution < 1.29 is 9.53 Å². The number of carbonyl (C=O) groups is 1. The zero-order valence-electron chi connectivity index (χ0n) is 12.9. The summed E-state index contributed by atoms with van der Waals surface area (Å²) in [4.78, 5) is 12.4. The molecule has 5 heteroatoms. The SMILES string of the molecule is CNc1snc(C)c1C(=O)OC1CC(C)CC(C)(C)C1. The van der Waals surface area contributed by atoms with Gasteiger partial charge >= 0.3 is 5.97 Å². The third kappa shape index (κ3) is 3.32. The maximum atomic E-state index is 12.4. The van der Waals surface area contributed by atoms with Crippen LogP contribution in [-0.2, 0) is 4.74 Å². The van der Waals surface area contributed by atoms with Gasteiger partial charge in [-0.15, -0.1) is 0 Å². The van der Waals surface area contributed by atoms with Gasteiger partial charge in [0.2, 0.25) is 0 Å². The molecule has 4 nitrogen and oxygen atoms in total. The Balaban J connectivity index is 2.09. The monoisotopic (exact) mass is 296 g/mol. The van der Waals surface area contributed by atoms with Gasteiger partial charge in [0.1, 0.15) is 16.7 Å². The van der Waals surface area contributed by atoms with Crippen molar-refractivity contribution in [3.8, 4) is 0 Å². The van der Waals surface area contributed by atoms with Gasteiger partial charge in [-0.2, -0.15) is 4.37 Å². The van der Waals surface area contributed by atoms with Crippen molar-refractivity contribution in [1.29, 1.82) is 0 Å². The van der Waals surface area contributed by atoms with Gasteiger partial charge < -0.3 is 10.1 Å². The van der Waals surface area contributed by atoms with Gasteiger partial charge in [-0.05, 0) is 49.1 Å². The molecule has 2 rings (SSSR count). The smallest absolute Gasteiger partial charge is 0.343 e. The minimum atomic E-state index is -0.240. The normalized spacial score (nSPS) is 25.2. The summed E-state index contributed by atoms with van der Waals surface area (Å²) in [6.07, 6.45) is 3.11. The highest BCUT2D eigenvalue weighted by molar-refractivity contribution is 7.10. The van der Waals surface area contributed by atoms with E-state index in [9.17, 15) is 4.79 Å². The number of ether oxygens (including phenoxy) is 1. The molecule has 0 spiro atoms. The standard InChI is InChI=1S/C15H24N2O2S/c1-9-6-11(8-15(3,4)7-9)19-14(18)12-10(2)17-20-13(12)16-5/h9,11,16H,6-8H2,1-5H3. The van der Waals surface area contributed by atoms with E-state index in [1.165, 1.54) is 18.0 Å². The summed E-state index contributed by atoms with van der Waals surface area (Å²) >= 11 is 1.30. The Kier molecular flexibility index (Phi) is 4.37. The number of nitrogens with zero attached hydrogens (tertiary/aromatic N) is 1. The number of anilines is 1. The van der Waals surface area contributed by atoms with Crippen LogP contribution in [0.2, 0.25) is 0 Å². The lowest BCUT2D eigenvalue weighted by Gasteiger charge is -2.38. The van der Waals surface area contributed by atoms with Gasteiger partial charge in [0.25, 0.3) is 0 Å². The summed E-state index contributed by atoms with van der Waals surface area (Å²) in [5.41, 5.74) is 1.58. The molecule has 1 aliphatic rings. The molecule has 0 bridgehead atoms. The molecule has 0 aromatic carbocycles. The molecule has 1 N–H and O–H groups in total. The predicted molar refractivity (Wildman–Crippen MR) is 82.4 cm³/mol. The Hall–Kier alpha value is -1.10. The van der Waals surface area contributed by atoms with Crippen molar-refractivity contribution in [2.24, 2.45) is 11.3 Å². The number of hydrogen-bond acceptors (Lipinski definition) is 5.